The van der Waals surface area contributed by atoms with Gasteiger partial charge in [-0.2, -0.15) is 0 Å². The molecule has 1 rings (SSSR count). The van der Waals surface area contributed by atoms with Gasteiger partial charge in [-0.3, -0.25) is 0 Å². The van der Waals surface area contributed by atoms with Crippen molar-refractivity contribution in [3.63, 3.8) is 0 Å². The summed E-state index contributed by atoms with van der Waals surface area (Å²) in [5, 5.41) is 0. The smallest absolute Gasteiger partial charge is 0.107 e. The molecule has 0 aliphatic carbocycles. The van der Waals surface area contributed by atoms with Crippen LogP contribution in [-0.4, -0.2) is 0 Å². The number of furan rings is 1. The van der Waals surface area contributed by atoms with Crippen molar-refractivity contribution in [2.75, 3.05) is 0 Å². The summed E-state index contributed by atoms with van der Waals surface area (Å²) >= 11 is 0. The molecule has 1 aromatic rings. The van der Waals surface area contributed by atoms with E-state index in [0.717, 1.165) is 11.5 Å². The van der Waals surface area contributed by atoms with E-state index in [1.54, 1.807) is 0 Å². The van der Waals surface area contributed by atoms with Crippen LogP contribution in [0.15, 0.2) is 16.5 Å². The van der Waals surface area contributed by atoms with Gasteiger partial charge in [0.2, 0.25) is 0 Å². The second-order valence-corrected chi connectivity index (χ2v) is 3.48. The summed E-state index contributed by atoms with van der Waals surface area (Å²) in [4.78, 5) is 0. The van der Waals surface area contributed by atoms with Gasteiger partial charge in [0.1, 0.15) is 11.5 Å². The largest absolute Gasteiger partial charge is 0.466 e. The van der Waals surface area contributed by atoms with Crippen molar-refractivity contribution >= 4 is 0 Å². The van der Waals surface area contributed by atoms with Gasteiger partial charge >= 0.3 is 0 Å². The highest BCUT2D eigenvalue weighted by Crippen LogP contribution is 2.24. The predicted octanol–water partition coefficient (Wildman–Crippen LogP) is 3.35. The lowest BCUT2D eigenvalue weighted by Gasteiger charge is -2.11. The number of aryl methyl sites for hydroxylation is 1. The van der Waals surface area contributed by atoms with E-state index < -0.39 is 0 Å². The van der Waals surface area contributed by atoms with Crippen LogP contribution in [0, 0.1) is 12.8 Å². The normalized spacial score (nSPS) is 13.9. The van der Waals surface area contributed by atoms with Gasteiger partial charge in [0.05, 0.1) is 0 Å². The number of hydrogen-bond acceptors (Lipinski definition) is 1. The second-order valence-electron chi connectivity index (χ2n) is 3.48. The second kappa shape index (κ2) is 3.12. The fourth-order valence-corrected chi connectivity index (χ4v) is 1.03. The van der Waals surface area contributed by atoms with Crippen LogP contribution in [-0.2, 0) is 0 Å². The standard InChI is InChI=1S/C10H16O/c1-7(2)9(4)10-6-5-8(3)11-10/h5-7,9H,1-4H3/t9-/m1/s1. The Bertz CT molecular complexity index is 223. The molecular formula is C10H16O. The van der Waals surface area contributed by atoms with Crippen molar-refractivity contribution < 1.29 is 4.42 Å². The maximum absolute atomic E-state index is 5.51. The lowest BCUT2D eigenvalue weighted by molar-refractivity contribution is 0.402. The van der Waals surface area contributed by atoms with Crippen molar-refractivity contribution in [2.45, 2.75) is 33.6 Å². The number of rotatable bonds is 2. The van der Waals surface area contributed by atoms with E-state index in [-0.39, 0.29) is 0 Å². The summed E-state index contributed by atoms with van der Waals surface area (Å²) in [5.41, 5.74) is 0. The molecule has 0 radical (unpaired) electrons. The van der Waals surface area contributed by atoms with Gasteiger partial charge < -0.3 is 4.42 Å². The molecule has 0 N–H and O–H groups in total. The maximum atomic E-state index is 5.51. The lowest BCUT2D eigenvalue weighted by Crippen LogP contribution is -1.99. The van der Waals surface area contributed by atoms with Crippen molar-refractivity contribution in [3.8, 4) is 0 Å². The summed E-state index contributed by atoms with van der Waals surface area (Å²) in [5.74, 6) is 3.30. The fourth-order valence-electron chi connectivity index (χ4n) is 1.03. The molecule has 62 valence electrons. The van der Waals surface area contributed by atoms with Gasteiger partial charge in [-0.1, -0.05) is 20.8 Å². The van der Waals surface area contributed by atoms with Crippen LogP contribution in [0.2, 0.25) is 0 Å². The van der Waals surface area contributed by atoms with Crippen LogP contribution in [0.25, 0.3) is 0 Å². The van der Waals surface area contributed by atoms with E-state index in [1.165, 1.54) is 0 Å². The summed E-state index contributed by atoms with van der Waals surface area (Å²) in [7, 11) is 0. The first-order valence-corrected chi connectivity index (χ1v) is 4.17. The third-order valence-electron chi connectivity index (χ3n) is 2.21. The summed E-state index contributed by atoms with van der Waals surface area (Å²) in [6.45, 7) is 8.60. The minimum Gasteiger partial charge on any atom is -0.466 e. The summed E-state index contributed by atoms with van der Waals surface area (Å²) in [6.07, 6.45) is 0. The van der Waals surface area contributed by atoms with Crippen LogP contribution in [0.5, 0.6) is 0 Å². The summed E-state index contributed by atoms with van der Waals surface area (Å²) in [6, 6.07) is 4.09. The van der Waals surface area contributed by atoms with Crippen LogP contribution in [0.4, 0.5) is 0 Å². The lowest BCUT2D eigenvalue weighted by atomic mass is 9.96. The molecule has 11 heavy (non-hydrogen) atoms. The Labute approximate surface area is 68.4 Å². The third kappa shape index (κ3) is 1.86. The molecule has 0 saturated carbocycles. The van der Waals surface area contributed by atoms with Crippen molar-refractivity contribution in [3.05, 3.63) is 23.7 Å². The Kier molecular flexibility index (Phi) is 2.38. The molecule has 0 saturated heterocycles. The van der Waals surface area contributed by atoms with Crippen LogP contribution >= 0.6 is 0 Å². The van der Waals surface area contributed by atoms with Gasteiger partial charge in [0.25, 0.3) is 0 Å². The summed E-state index contributed by atoms with van der Waals surface area (Å²) < 4.78 is 5.51. The Hall–Kier alpha value is -0.720. The quantitative estimate of drug-likeness (QED) is 0.633. The Balaban J connectivity index is 2.76. The first-order valence-electron chi connectivity index (χ1n) is 4.17. The fraction of sp³-hybridized carbons (Fsp3) is 0.600. The average Bonchev–Trinajstić information content (AvgIpc) is 2.34. The molecule has 0 aliphatic rings. The van der Waals surface area contributed by atoms with Gasteiger partial charge in [0, 0.05) is 5.92 Å². The molecule has 1 aromatic heterocycles. The highest BCUT2D eigenvalue weighted by atomic mass is 16.3. The van der Waals surface area contributed by atoms with Gasteiger partial charge in [0.15, 0.2) is 0 Å². The van der Waals surface area contributed by atoms with E-state index in [0.29, 0.717) is 11.8 Å². The van der Waals surface area contributed by atoms with Crippen LogP contribution < -0.4 is 0 Å². The molecule has 0 spiro atoms. The zero-order valence-corrected chi connectivity index (χ0v) is 7.72. The molecular weight excluding hydrogens is 136 g/mol. The van der Waals surface area contributed by atoms with E-state index in [9.17, 15) is 0 Å². The molecule has 0 bridgehead atoms. The Morgan fingerprint density at radius 3 is 2.18 bits per heavy atom. The van der Waals surface area contributed by atoms with E-state index in [2.05, 4.69) is 26.8 Å². The van der Waals surface area contributed by atoms with Crippen molar-refractivity contribution in [2.24, 2.45) is 5.92 Å². The first-order chi connectivity index (χ1) is 5.11. The molecule has 1 atom stereocenters. The highest BCUT2D eigenvalue weighted by Gasteiger charge is 2.12. The predicted molar refractivity (Wildman–Crippen MR) is 46.7 cm³/mol. The van der Waals surface area contributed by atoms with Crippen molar-refractivity contribution in [1.29, 1.82) is 0 Å². The van der Waals surface area contributed by atoms with Crippen LogP contribution in [0.1, 0.15) is 38.2 Å². The van der Waals surface area contributed by atoms with Crippen LogP contribution in [0.3, 0.4) is 0 Å². The molecule has 1 nitrogen and oxygen atoms in total. The number of hydrogen-bond donors (Lipinski definition) is 0. The molecule has 0 aromatic carbocycles. The molecule has 1 heterocycles. The van der Waals surface area contributed by atoms with E-state index in [4.69, 9.17) is 4.42 Å². The molecule has 0 aliphatic heterocycles. The zero-order chi connectivity index (χ0) is 8.43. The van der Waals surface area contributed by atoms with Crippen molar-refractivity contribution in [1.82, 2.24) is 0 Å². The monoisotopic (exact) mass is 152 g/mol. The van der Waals surface area contributed by atoms with E-state index >= 15 is 0 Å². The van der Waals surface area contributed by atoms with Gasteiger partial charge in [-0.15, -0.1) is 0 Å². The van der Waals surface area contributed by atoms with Gasteiger partial charge in [-0.25, -0.2) is 0 Å². The molecule has 0 amide bonds. The third-order valence-corrected chi connectivity index (χ3v) is 2.21. The zero-order valence-electron chi connectivity index (χ0n) is 7.72. The topological polar surface area (TPSA) is 13.1 Å². The SMILES string of the molecule is Cc1ccc([C@H](C)C(C)C)o1. The maximum Gasteiger partial charge on any atom is 0.107 e. The molecule has 0 fully saturated rings. The first kappa shape index (κ1) is 8.38. The van der Waals surface area contributed by atoms with E-state index in [1.807, 2.05) is 13.0 Å². The highest BCUT2D eigenvalue weighted by molar-refractivity contribution is 5.09. The minimum atomic E-state index is 0.531. The molecule has 1 heteroatoms. The Morgan fingerprint density at radius 2 is 1.82 bits per heavy atom. The van der Waals surface area contributed by atoms with Gasteiger partial charge in [-0.05, 0) is 25.0 Å². The minimum absolute atomic E-state index is 0.531. The Morgan fingerprint density at radius 1 is 1.18 bits per heavy atom. The average molecular weight is 152 g/mol. The molecule has 0 unspecified atom stereocenters.